The number of nitrogens with zero attached hydrogens (tertiary/aromatic N) is 1. The smallest absolute Gasteiger partial charge is 0.343 e. The van der Waals surface area contributed by atoms with E-state index in [0.717, 1.165) is 16.7 Å². The van der Waals surface area contributed by atoms with Crippen molar-refractivity contribution in [1.82, 2.24) is 4.90 Å². The molecule has 0 N–H and O–H groups in total. The fourth-order valence-corrected chi connectivity index (χ4v) is 3.94. The van der Waals surface area contributed by atoms with Gasteiger partial charge < -0.3 is 18.9 Å². The minimum absolute atomic E-state index is 0.156. The van der Waals surface area contributed by atoms with Gasteiger partial charge in [0.1, 0.15) is 6.54 Å². The number of ether oxygens (including phenoxy) is 4. The molecule has 0 aromatic heterocycles. The number of carbonyl (C=O) groups is 4. The van der Waals surface area contributed by atoms with Crippen LogP contribution in [0.5, 0.6) is 11.5 Å². The number of hydrogen-bond acceptors (Lipinski definition) is 9. The van der Waals surface area contributed by atoms with Crippen LogP contribution in [-0.2, 0) is 23.9 Å². The SMILES string of the molecule is CCOc1cc(/C=C2\SC(=O)N(CC(=O)O[C@@H](C)CC)C2=O)cc(Br)c1OCC(=O)OC. The molecule has 0 aliphatic carbocycles. The molecule has 0 radical (unpaired) electrons. The Bertz CT molecular complexity index is 933. The molecule has 1 saturated heterocycles. The Kier molecular flexibility index (Phi) is 9.58. The number of carbonyl (C=O) groups excluding carboxylic acids is 4. The lowest BCUT2D eigenvalue weighted by Crippen LogP contribution is -2.35. The van der Waals surface area contributed by atoms with Crippen molar-refractivity contribution in [1.29, 1.82) is 0 Å². The number of hydrogen-bond donors (Lipinski definition) is 0. The number of thioether (sulfide) groups is 1. The van der Waals surface area contributed by atoms with E-state index in [0.29, 0.717) is 34.6 Å². The predicted molar refractivity (Wildman–Crippen MR) is 121 cm³/mol. The number of esters is 2. The first kappa shape index (κ1) is 25.7. The third-order valence-corrected chi connectivity index (χ3v) is 5.76. The summed E-state index contributed by atoms with van der Waals surface area (Å²) in [6, 6.07) is 3.27. The molecule has 0 bridgehead atoms. The van der Waals surface area contributed by atoms with Gasteiger partial charge in [-0.3, -0.25) is 19.3 Å². The van der Waals surface area contributed by atoms with E-state index in [4.69, 9.17) is 14.2 Å². The highest BCUT2D eigenvalue weighted by Gasteiger charge is 2.37. The molecule has 11 heteroatoms. The van der Waals surface area contributed by atoms with Crippen LogP contribution in [-0.4, -0.2) is 61.0 Å². The summed E-state index contributed by atoms with van der Waals surface area (Å²) in [7, 11) is 1.25. The van der Waals surface area contributed by atoms with E-state index in [1.54, 1.807) is 26.0 Å². The Morgan fingerprint density at radius 1 is 1.19 bits per heavy atom. The third-order valence-electron chi connectivity index (χ3n) is 4.26. The molecule has 1 heterocycles. The first-order valence-electron chi connectivity index (χ1n) is 9.80. The summed E-state index contributed by atoms with van der Waals surface area (Å²) in [6.07, 6.45) is 1.85. The van der Waals surface area contributed by atoms with Gasteiger partial charge in [-0.25, -0.2) is 4.79 Å². The van der Waals surface area contributed by atoms with E-state index in [-0.39, 0.29) is 17.6 Å². The molecular weight excluding hydrogens is 506 g/mol. The standard InChI is InChI=1S/C21H24BrNO8S/c1-5-12(3)31-17(24)10-23-20(26)16(32-21(23)27)9-13-7-14(22)19(15(8-13)29-6-2)30-11-18(25)28-4/h7-9,12H,5-6,10-11H2,1-4H3/b16-9-/t12-/m0/s1. The summed E-state index contributed by atoms with van der Waals surface area (Å²) in [5.41, 5.74) is 0.554. The van der Waals surface area contributed by atoms with E-state index in [9.17, 15) is 19.2 Å². The number of benzene rings is 1. The molecule has 1 aromatic rings. The molecule has 2 amide bonds. The lowest BCUT2D eigenvalue weighted by molar-refractivity contribution is -0.150. The topological polar surface area (TPSA) is 108 Å². The third kappa shape index (κ3) is 6.73. The summed E-state index contributed by atoms with van der Waals surface area (Å²) in [6.45, 7) is 4.97. The Balaban J connectivity index is 2.23. The molecule has 1 atom stereocenters. The first-order chi connectivity index (χ1) is 15.2. The number of imide groups is 1. The van der Waals surface area contributed by atoms with Gasteiger partial charge in [0.15, 0.2) is 18.1 Å². The maximum atomic E-state index is 12.7. The average Bonchev–Trinajstić information content (AvgIpc) is 3.00. The van der Waals surface area contributed by atoms with Crippen molar-refractivity contribution >= 4 is 56.9 Å². The second-order valence-electron chi connectivity index (χ2n) is 6.60. The van der Waals surface area contributed by atoms with E-state index in [2.05, 4.69) is 20.7 Å². The zero-order valence-electron chi connectivity index (χ0n) is 18.1. The Morgan fingerprint density at radius 2 is 1.91 bits per heavy atom. The van der Waals surface area contributed by atoms with Gasteiger partial charge in [-0.15, -0.1) is 0 Å². The predicted octanol–water partition coefficient (Wildman–Crippen LogP) is 3.78. The zero-order chi connectivity index (χ0) is 23.8. The lowest BCUT2D eigenvalue weighted by Gasteiger charge is -2.15. The second kappa shape index (κ2) is 11.9. The van der Waals surface area contributed by atoms with E-state index in [1.165, 1.54) is 13.2 Å². The lowest BCUT2D eigenvalue weighted by atomic mass is 10.2. The molecule has 0 unspecified atom stereocenters. The van der Waals surface area contributed by atoms with Gasteiger partial charge in [-0.1, -0.05) is 6.92 Å². The second-order valence-corrected chi connectivity index (χ2v) is 8.45. The number of halogens is 1. The highest BCUT2D eigenvalue weighted by atomic mass is 79.9. The van der Waals surface area contributed by atoms with Crippen LogP contribution in [0.2, 0.25) is 0 Å². The molecule has 0 spiro atoms. The van der Waals surface area contributed by atoms with Crippen molar-refractivity contribution in [2.75, 3.05) is 26.9 Å². The van der Waals surface area contributed by atoms with Gasteiger partial charge >= 0.3 is 11.9 Å². The summed E-state index contributed by atoms with van der Waals surface area (Å²) < 4.78 is 21.3. The summed E-state index contributed by atoms with van der Waals surface area (Å²) in [4.78, 5) is 49.3. The van der Waals surface area contributed by atoms with E-state index in [1.807, 2.05) is 6.92 Å². The highest BCUT2D eigenvalue weighted by molar-refractivity contribution is 9.10. The molecule has 1 aliphatic heterocycles. The molecule has 2 rings (SSSR count). The van der Waals surface area contributed by atoms with Crippen LogP contribution in [0.15, 0.2) is 21.5 Å². The minimum Gasteiger partial charge on any atom is -0.490 e. The molecular formula is C21H24BrNO8S. The van der Waals surface area contributed by atoms with Gasteiger partial charge in [0.05, 0.1) is 29.2 Å². The largest absolute Gasteiger partial charge is 0.490 e. The molecule has 1 aliphatic rings. The average molecular weight is 530 g/mol. The normalized spacial score (nSPS) is 15.7. The first-order valence-corrected chi connectivity index (χ1v) is 11.4. The monoisotopic (exact) mass is 529 g/mol. The quantitative estimate of drug-likeness (QED) is 0.330. The van der Waals surface area contributed by atoms with Crippen LogP contribution in [0.3, 0.4) is 0 Å². The van der Waals surface area contributed by atoms with Crippen molar-refractivity contribution in [3.05, 3.63) is 27.1 Å². The molecule has 174 valence electrons. The van der Waals surface area contributed by atoms with Gasteiger partial charge in [0.2, 0.25) is 0 Å². The van der Waals surface area contributed by atoms with Crippen molar-refractivity contribution in [3.8, 4) is 11.5 Å². The van der Waals surface area contributed by atoms with Gasteiger partial charge in [0, 0.05) is 0 Å². The van der Waals surface area contributed by atoms with Crippen molar-refractivity contribution < 1.29 is 38.1 Å². The van der Waals surface area contributed by atoms with Crippen LogP contribution < -0.4 is 9.47 Å². The van der Waals surface area contributed by atoms with Crippen LogP contribution in [0.25, 0.3) is 6.08 Å². The molecule has 0 saturated carbocycles. The molecule has 1 aromatic carbocycles. The molecule has 9 nitrogen and oxygen atoms in total. The van der Waals surface area contributed by atoms with Crippen LogP contribution in [0, 0.1) is 0 Å². The van der Waals surface area contributed by atoms with Crippen molar-refractivity contribution in [2.45, 2.75) is 33.3 Å². The van der Waals surface area contributed by atoms with Gasteiger partial charge in [0.25, 0.3) is 11.1 Å². The number of methoxy groups -OCH3 is 1. The summed E-state index contributed by atoms with van der Waals surface area (Å²) >= 11 is 4.11. The minimum atomic E-state index is -0.642. The highest BCUT2D eigenvalue weighted by Crippen LogP contribution is 2.39. The maximum absolute atomic E-state index is 12.7. The maximum Gasteiger partial charge on any atom is 0.343 e. The summed E-state index contributed by atoms with van der Waals surface area (Å²) in [5, 5.41) is -0.551. The van der Waals surface area contributed by atoms with Crippen molar-refractivity contribution in [2.24, 2.45) is 0 Å². The fourth-order valence-electron chi connectivity index (χ4n) is 2.53. The van der Waals surface area contributed by atoms with Gasteiger partial charge in [-0.2, -0.15) is 0 Å². The van der Waals surface area contributed by atoms with E-state index < -0.39 is 29.6 Å². The zero-order valence-corrected chi connectivity index (χ0v) is 20.5. The van der Waals surface area contributed by atoms with Crippen LogP contribution in [0.4, 0.5) is 4.79 Å². The fraction of sp³-hybridized carbons (Fsp3) is 0.429. The molecule has 1 fully saturated rings. The van der Waals surface area contributed by atoms with Crippen molar-refractivity contribution in [3.63, 3.8) is 0 Å². The van der Waals surface area contributed by atoms with Crippen LogP contribution >= 0.6 is 27.7 Å². The Hall–Kier alpha value is -2.53. The number of rotatable bonds is 10. The Morgan fingerprint density at radius 3 is 2.53 bits per heavy atom. The van der Waals surface area contributed by atoms with Gasteiger partial charge in [-0.05, 0) is 71.7 Å². The van der Waals surface area contributed by atoms with E-state index >= 15 is 0 Å². The molecule has 32 heavy (non-hydrogen) atoms. The van der Waals surface area contributed by atoms with Crippen LogP contribution in [0.1, 0.15) is 32.8 Å². The Labute approximate surface area is 198 Å². The number of amides is 2. The summed E-state index contributed by atoms with van der Waals surface area (Å²) in [5.74, 6) is -1.13.